The lowest BCUT2D eigenvalue weighted by Crippen LogP contribution is -2.30. The Hall–Kier alpha value is -1.77. The molecule has 8 heteroatoms. The van der Waals surface area contributed by atoms with Crippen molar-refractivity contribution >= 4 is 26.0 Å². The summed E-state index contributed by atoms with van der Waals surface area (Å²) < 4.78 is 44.1. The van der Waals surface area contributed by atoms with Gasteiger partial charge in [-0.25, -0.2) is 8.42 Å². The summed E-state index contributed by atoms with van der Waals surface area (Å²) in [5.74, 6) is 1.79. The van der Waals surface area contributed by atoms with Crippen molar-refractivity contribution in [3.63, 3.8) is 0 Å². The lowest BCUT2D eigenvalue weighted by Gasteiger charge is -2.21. The average Bonchev–Trinajstić information content (AvgIpc) is 2.66. The number of benzene rings is 2. The molecule has 0 aromatic heterocycles. The minimum atomic E-state index is -3.66. The Bertz CT molecular complexity index is 886. The Morgan fingerprint density at radius 3 is 2.19 bits per heavy atom. The topological polar surface area (TPSA) is 65.1 Å². The van der Waals surface area contributed by atoms with Gasteiger partial charge in [-0.3, -0.25) is 0 Å². The molecule has 0 heterocycles. The molecule has 0 saturated heterocycles. The first-order chi connectivity index (χ1) is 12.9. The van der Waals surface area contributed by atoms with Gasteiger partial charge in [-0.2, -0.15) is 4.31 Å². The minimum absolute atomic E-state index is 0.204. The van der Waals surface area contributed by atoms with Gasteiger partial charge in [-0.1, -0.05) is 13.0 Å². The zero-order chi connectivity index (χ0) is 20.0. The third kappa shape index (κ3) is 4.94. The molecule has 0 bridgehead atoms. The first kappa shape index (κ1) is 21.5. The van der Waals surface area contributed by atoms with Crippen LogP contribution in [0, 0.1) is 0 Å². The zero-order valence-corrected chi connectivity index (χ0v) is 18.3. The van der Waals surface area contributed by atoms with Crippen LogP contribution in [0.2, 0.25) is 0 Å². The molecule has 148 valence electrons. The smallest absolute Gasteiger partial charge is 0.243 e. The molecule has 0 aliphatic carbocycles. The number of rotatable bonds is 9. The molecule has 2 aromatic carbocycles. The van der Waals surface area contributed by atoms with Gasteiger partial charge >= 0.3 is 0 Å². The summed E-state index contributed by atoms with van der Waals surface area (Å²) in [4.78, 5) is 0.204. The highest BCUT2D eigenvalue weighted by Gasteiger charge is 2.24. The second-order valence-electron chi connectivity index (χ2n) is 5.65. The Balaban J connectivity index is 2.32. The van der Waals surface area contributed by atoms with Crippen LogP contribution in [0.1, 0.15) is 19.4 Å². The van der Waals surface area contributed by atoms with Gasteiger partial charge < -0.3 is 14.2 Å². The molecule has 0 spiro atoms. The van der Waals surface area contributed by atoms with Crippen LogP contribution < -0.4 is 14.2 Å². The van der Waals surface area contributed by atoms with E-state index in [-0.39, 0.29) is 11.4 Å². The van der Waals surface area contributed by atoms with Crippen LogP contribution in [0.15, 0.2) is 45.8 Å². The van der Waals surface area contributed by atoms with Crippen molar-refractivity contribution in [2.75, 3.05) is 27.4 Å². The van der Waals surface area contributed by atoms with Crippen LogP contribution in [0.3, 0.4) is 0 Å². The molecule has 6 nitrogen and oxygen atoms in total. The van der Waals surface area contributed by atoms with Crippen LogP contribution in [0.4, 0.5) is 0 Å². The van der Waals surface area contributed by atoms with E-state index in [9.17, 15) is 8.42 Å². The van der Waals surface area contributed by atoms with E-state index < -0.39 is 10.0 Å². The lowest BCUT2D eigenvalue weighted by molar-refractivity contribution is 0.310. The van der Waals surface area contributed by atoms with E-state index in [0.717, 1.165) is 5.56 Å². The first-order valence-electron chi connectivity index (χ1n) is 8.50. The van der Waals surface area contributed by atoms with Gasteiger partial charge in [-0.15, -0.1) is 0 Å². The van der Waals surface area contributed by atoms with Crippen molar-refractivity contribution in [3.05, 3.63) is 46.4 Å². The van der Waals surface area contributed by atoms with Crippen LogP contribution in [0.25, 0.3) is 0 Å². The van der Waals surface area contributed by atoms with E-state index >= 15 is 0 Å². The first-order valence-corrected chi connectivity index (χ1v) is 10.7. The Labute approximate surface area is 169 Å². The van der Waals surface area contributed by atoms with Crippen LogP contribution in [0.5, 0.6) is 17.2 Å². The van der Waals surface area contributed by atoms with Crippen LogP contribution in [-0.2, 0) is 16.6 Å². The molecule has 2 aromatic rings. The fraction of sp³-hybridized carbons (Fsp3) is 0.368. The Morgan fingerprint density at radius 2 is 1.63 bits per heavy atom. The quantitative estimate of drug-likeness (QED) is 0.567. The molecule has 0 aliphatic rings. The van der Waals surface area contributed by atoms with E-state index in [1.807, 2.05) is 19.9 Å². The maximum absolute atomic E-state index is 13.1. The Morgan fingerprint density at radius 1 is 0.963 bits per heavy atom. The van der Waals surface area contributed by atoms with Gasteiger partial charge in [0.15, 0.2) is 11.5 Å². The summed E-state index contributed by atoms with van der Waals surface area (Å²) in [5.41, 5.74) is 0.813. The Kier molecular flexibility index (Phi) is 7.52. The summed E-state index contributed by atoms with van der Waals surface area (Å²) >= 11 is 3.34. The van der Waals surface area contributed by atoms with Crippen molar-refractivity contribution in [2.24, 2.45) is 0 Å². The van der Waals surface area contributed by atoms with Gasteiger partial charge in [0.1, 0.15) is 5.75 Å². The summed E-state index contributed by atoms with van der Waals surface area (Å²) in [6.07, 6.45) is 0. The largest absolute Gasteiger partial charge is 0.496 e. The molecule has 0 saturated carbocycles. The second kappa shape index (κ2) is 9.43. The molecule has 0 fully saturated rings. The molecule has 27 heavy (non-hydrogen) atoms. The van der Waals surface area contributed by atoms with Gasteiger partial charge in [-0.05, 0) is 58.7 Å². The van der Waals surface area contributed by atoms with E-state index in [1.165, 1.54) is 11.4 Å². The highest BCUT2D eigenvalue weighted by atomic mass is 79.9. The summed E-state index contributed by atoms with van der Waals surface area (Å²) in [6, 6.07) is 10.2. The molecular weight excluding hydrogens is 434 g/mol. The fourth-order valence-corrected chi connectivity index (χ4v) is 4.77. The molecule has 0 amide bonds. The molecule has 2 rings (SSSR count). The lowest BCUT2D eigenvalue weighted by atomic mass is 10.2. The van der Waals surface area contributed by atoms with Crippen molar-refractivity contribution < 1.29 is 22.6 Å². The number of sulfonamides is 1. The highest BCUT2D eigenvalue weighted by Crippen LogP contribution is 2.31. The van der Waals surface area contributed by atoms with E-state index in [1.54, 1.807) is 37.4 Å². The third-order valence-electron chi connectivity index (χ3n) is 4.00. The predicted molar refractivity (Wildman–Crippen MR) is 108 cm³/mol. The maximum atomic E-state index is 13.1. The SMILES string of the molecule is CCOc1ccc(CN(CC)S(=O)(=O)c2ccc(OC)c(Br)c2)cc1OC. The number of halogens is 1. The summed E-state index contributed by atoms with van der Waals surface area (Å²) in [6.45, 7) is 4.79. The molecule has 0 aliphatic heterocycles. The molecule has 0 unspecified atom stereocenters. The summed E-state index contributed by atoms with van der Waals surface area (Å²) in [7, 11) is -0.567. The fourth-order valence-electron chi connectivity index (χ4n) is 2.61. The zero-order valence-electron chi connectivity index (χ0n) is 15.9. The highest BCUT2D eigenvalue weighted by molar-refractivity contribution is 9.10. The van der Waals surface area contributed by atoms with Gasteiger partial charge in [0.25, 0.3) is 0 Å². The molecule has 0 radical (unpaired) electrons. The van der Waals surface area contributed by atoms with Crippen molar-refractivity contribution in [2.45, 2.75) is 25.3 Å². The minimum Gasteiger partial charge on any atom is -0.496 e. The van der Waals surface area contributed by atoms with Crippen molar-refractivity contribution in [1.29, 1.82) is 0 Å². The van der Waals surface area contributed by atoms with E-state index in [2.05, 4.69) is 15.9 Å². The van der Waals surface area contributed by atoms with Crippen LogP contribution in [-0.4, -0.2) is 40.1 Å². The number of nitrogens with zero attached hydrogens (tertiary/aromatic N) is 1. The second-order valence-corrected chi connectivity index (χ2v) is 8.44. The predicted octanol–water partition coefficient (Wildman–Crippen LogP) is 4.08. The third-order valence-corrected chi connectivity index (χ3v) is 6.54. The van der Waals surface area contributed by atoms with Crippen molar-refractivity contribution in [1.82, 2.24) is 4.31 Å². The van der Waals surface area contributed by atoms with Gasteiger partial charge in [0, 0.05) is 13.1 Å². The van der Waals surface area contributed by atoms with E-state index in [0.29, 0.717) is 34.9 Å². The van der Waals surface area contributed by atoms with Gasteiger partial charge in [0.05, 0.1) is 30.2 Å². The molecular formula is C19H24BrNO5S. The van der Waals surface area contributed by atoms with E-state index in [4.69, 9.17) is 14.2 Å². The van der Waals surface area contributed by atoms with Gasteiger partial charge in [0.2, 0.25) is 10.0 Å². The molecule has 0 atom stereocenters. The summed E-state index contributed by atoms with van der Waals surface area (Å²) in [5, 5.41) is 0. The average molecular weight is 458 g/mol. The normalized spacial score (nSPS) is 11.5. The molecule has 0 N–H and O–H groups in total. The maximum Gasteiger partial charge on any atom is 0.243 e. The monoisotopic (exact) mass is 457 g/mol. The number of hydrogen-bond acceptors (Lipinski definition) is 5. The number of methoxy groups -OCH3 is 2. The number of ether oxygens (including phenoxy) is 3. The number of hydrogen-bond donors (Lipinski definition) is 0. The standard InChI is InChI=1S/C19H24BrNO5S/c1-5-21(13-14-7-9-18(26-6-2)19(11-14)25-4)27(22,23)15-8-10-17(24-3)16(20)12-15/h7-12H,5-6,13H2,1-4H3. The van der Waals surface area contributed by atoms with Crippen molar-refractivity contribution in [3.8, 4) is 17.2 Å². The van der Waals surface area contributed by atoms with Crippen LogP contribution >= 0.6 is 15.9 Å².